The van der Waals surface area contributed by atoms with Gasteiger partial charge in [0.2, 0.25) is 17.6 Å². The minimum atomic E-state index is -1.17. The van der Waals surface area contributed by atoms with Gasteiger partial charge in [-0.2, -0.15) is 0 Å². The number of hydrogen-bond donors (Lipinski definition) is 0. The summed E-state index contributed by atoms with van der Waals surface area (Å²) in [7, 11) is 0. The summed E-state index contributed by atoms with van der Waals surface area (Å²) in [5.41, 5.74) is 2.54. The van der Waals surface area contributed by atoms with Crippen molar-refractivity contribution in [2.24, 2.45) is 17.8 Å². The number of ether oxygens (including phenoxy) is 1. The smallest absolute Gasteiger partial charge is 0.339 e. The van der Waals surface area contributed by atoms with Crippen molar-refractivity contribution in [3.05, 3.63) is 108 Å². The van der Waals surface area contributed by atoms with E-state index in [1.807, 2.05) is 19.1 Å². The first kappa shape index (κ1) is 29.4. The molecule has 0 bridgehead atoms. The number of carbonyl (C=O) groups is 4. The fourth-order valence-corrected chi connectivity index (χ4v) is 6.21. The van der Waals surface area contributed by atoms with Crippen LogP contribution in [-0.4, -0.2) is 40.5 Å². The molecule has 1 saturated heterocycles. The number of anilines is 1. The number of pyridine rings is 1. The summed E-state index contributed by atoms with van der Waals surface area (Å²) in [4.78, 5) is 59.1. The van der Waals surface area contributed by atoms with Crippen LogP contribution in [0.3, 0.4) is 0 Å². The van der Waals surface area contributed by atoms with Crippen molar-refractivity contribution in [2.45, 2.75) is 25.9 Å². The molecule has 2 amide bonds. The molecule has 222 valence electrons. The lowest BCUT2D eigenvalue weighted by atomic mass is 9.78. The largest absolute Gasteiger partial charge is 0.450 e. The van der Waals surface area contributed by atoms with Gasteiger partial charge in [0.05, 0.1) is 34.3 Å². The number of nitrogens with zero attached hydrogens (tertiary/aromatic N) is 2. The molecule has 4 aromatic rings. The molecule has 3 aromatic carbocycles. The second kappa shape index (κ2) is 12.1. The molecule has 9 heteroatoms. The number of rotatable bonds is 8. The topological polar surface area (TPSA) is 93.6 Å². The van der Waals surface area contributed by atoms with E-state index in [1.165, 1.54) is 29.2 Å². The van der Waals surface area contributed by atoms with Crippen LogP contribution in [0.2, 0.25) is 0 Å². The first-order chi connectivity index (χ1) is 21.3. The molecule has 7 nitrogen and oxygen atoms in total. The summed E-state index contributed by atoms with van der Waals surface area (Å²) < 4.78 is 19.1. The van der Waals surface area contributed by atoms with Gasteiger partial charge in [0.25, 0.3) is 0 Å². The third kappa shape index (κ3) is 5.42. The van der Waals surface area contributed by atoms with Crippen LogP contribution < -0.4 is 4.90 Å². The van der Waals surface area contributed by atoms with Crippen LogP contribution in [-0.2, 0) is 14.3 Å². The monoisotopic (exact) mass is 610 g/mol. The molecule has 1 fully saturated rings. The number of ketones is 1. The third-order valence-electron chi connectivity index (χ3n) is 8.27. The van der Waals surface area contributed by atoms with Crippen molar-refractivity contribution in [3.63, 3.8) is 0 Å². The van der Waals surface area contributed by atoms with Gasteiger partial charge in [0.15, 0.2) is 6.10 Å². The summed E-state index contributed by atoms with van der Waals surface area (Å²) in [6, 6.07) is 20.6. The maximum atomic E-state index is 13.6. The van der Waals surface area contributed by atoms with Crippen LogP contribution in [0.5, 0.6) is 0 Å². The Labute approximate surface area is 258 Å². The number of aromatic nitrogens is 1. The van der Waals surface area contributed by atoms with Crippen molar-refractivity contribution in [1.82, 2.24) is 4.98 Å². The van der Waals surface area contributed by atoms with E-state index in [4.69, 9.17) is 21.3 Å². The Bertz CT molecular complexity index is 1800. The lowest BCUT2D eigenvalue weighted by Crippen LogP contribution is -2.31. The molecule has 2 heterocycles. The number of benzene rings is 3. The Morgan fingerprint density at radius 3 is 2.45 bits per heavy atom. The number of hydrogen-bond acceptors (Lipinski definition) is 6. The Morgan fingerprint density at radius 1 is 1.02 bits per heavy atom. The summed E-state index contributed by atoms with van der Waals surface area (Å²) in [6.45, 7) is 1.95. The predicted molar refractivity (Wildman–Crippen MR) is 165 cm³/mol. The van der Waals surface area contributed by atoms with Crippen LogP contribution in [0, 0.1) is 23.6 Å². The van der Waals surface area contributed by atoms with Gasteiger partial charge in [0, 0.05) is 28.8 Å². The highest BCUT2D eigenvalue weighted by Crippen LogP contribution is 2.40. The fraction of sp³-hybridized carbons (Fsp3) is 0.229. The number of para-hydroxylation sites is 1. The Balaban J connectivity index is 1.30. The van der Waals surface area contributed by atoms with Gasteiger partial charge in [-0.05, 0) is 60.9 Å². The summed E-state index contributed by atoms with van der Waals surface area (Å²) in [6.07, 6.45) is 3.41. The lowest BCUT2D eigenvalue weighted by Gasteiger charge is -2.22. The van der Waals surface area contributed by atoms with Crippen LogP contribution in [0.4, 0.5) is 10.1 Å². The van der Waals surface area contributed by atoms with Gasteiger partial charge in [-0.1, -0.05) is 49.4 Å². The molecule has 0 spiro atoms. The number of fused-ring (bicyclic) bond motifs is 2. The predicted octanol–water partition coefficient (Wildman–Crippen LogP) is 6.78. The third-order valence-corrected chi connectivity index (χ3v) is 8.49. The van der Waals surface area contributed by atoms with Gasteiger partial charge >= 0.3 is 5.97 Å². The molecular weight excluding hydrogens is 583 g/mol. The van der Waals surface area contributed by atoms with E-state index < -0.39 is 23.7 Å². The first-order valence-corrected chi connectivity index (χ1v) is 14.9. The molecule has 2 aliphatic rings. The van der Waals surface area contributed by atoms with Crippen molar-refractivity contribution in [3.8, 4) is 11.3 Å². The summed E-state index contributed by atoms with van der Waals surface area (Å²) in [5.74, 6) is -2.74. The number of Topliss-reactive ketones (excluding diaryl/α,β-unsaturated/α-hetero) is 1. The molecular formula is C35H28ClFN2O5. The van der Waals surface area contributed by atoms with Gasteiger partial charge in [0.1, 0.15) is 5.82 Å². The van der Waals surface area contributed by atoms with E-state index in [1.54, 1.807) is 54.6 Å². The zero-order chi connectivity index (χ0) is 31.0. The Kier molecular flexibility index (Phi) is 8.10. The molecule has 6 rings (SSSR count). The minimum absolute atomic E-state index is 0.00975. The van der Waals surface area contributed by atoms with E-state index in [2.05, 4.69) is 0 Å². The van der Waals surface area contributed by atoms with Crippen LogP contribution in [0.15, 0.2) is 91.0 Å². The minimum Gasteiger partial charge on any atom is -0.450 e. The van der Waals surface area contributed by atoms with Gasteiger partial charge < -0.3 is 4.74 Å². The molecule has 44 heavy (non-hydrogen) atoms. The average molecular weight is 611 g/mol. The SMILES string of the molecule is CC1C=CCC2C(=O)N(c3ccc(-c4cc(C(=O)OC(CCCl)C(=O)c5ccc(F)cc5)c5ccccc5n4)cc3)C(=O)C12. The number of allylic oxidation sites excluding steroid dienone is 2. The summed E-state index contributed by atoms with van der Waals surface area (Å²) in [5, 5.41) is 0.537. The number of halogens is 2. The summed E-state index contributed by atoms with van der Waals surface area (Å²) >= 11 is 5.94. The number of imide groups is 1. The maximum Gasteiger partial charge on any atom is 0.339 e. The standard InChI is InChI=1S/C35H28ClFN2O5/c1-20-5-4-7-26-31(20)34(42)39(33(26)41)24-15-11-21(12-16-24)29-19-27(25-6-2-3-8-28(25)38-29)35(43)44-30(17-18-36)32(40)22-9-13-23(37)14-10-22/h2-6,8-16,19-20,26,30-31H,7,17-18H2,1H3. The van der Waals surface area contributed by atoms with E-state index >= 15 is 0 Å². The molecule has 1 aromatic heterocycles. The highest BCUT2D eigenvalue weighted by Gasteiger charge is 2.50. The molecule has 0 saturated carbocycles. The van der Waals surface area contributed by atoms with E-state index in [0.717, 1.165) is 0 Å². The zero-order valence-corrected chi connectivity index (χ0v) is 24.5. The van der Waals surface area contributed by atoms with Gasteiger partial charge in [-0.15, -0.1) is 11.6 Å². The number of carbonyl (C=O) groups excluding carboxylic acids is 4. The average Bonchev–Trinajstić information content (AvgIpc) is 3.30. The Morgan fingerprint density at radius 2 is 1.75 bits per heavy atom. The molecule has 0 N–H and O–H groups in total. The quantitative estimate of drug-likeness (QED) is 0.0718. The lowest BCUT2D eigenvalue weighted by molar-refractivity contribution is -0.122. The van der Waals surface area contributed by atoms with Crippen molar-refractivity contribution >= 4 is 51.8 Å². The van der Waals surface area contributed by atoms with Crippen molar-refractivity contribution in [2.75, 3.05) is 10.8 Å². The highest BCUT2D eigenvalue weighted by molar-refractivity contribution is 6.22. The number of alkyl halides is 1. The molecule has 4 unspecified atom stereocenters. The second-order valence-corrected chi connectivity index (χ2v) is 11.4. The molecule has 1 aliphatic carbocycles. The zero-order valence-electron chi connectivity index (χ0n) is 23.8. The molecule has 1 aliphatic heterocycles. The number of amides is 2. The van der Waals surface area contributed by atoms with Crippen LogP contribution in [0.1, 0.15) is 40.5 Å². The van der Waals surface area contributed by atoms with Crippen molar-refractivity contribution < 1.29 is 28.3 Å². The normalized spacial score (nSPS) is 20.1. The Hall–Kier alpha value is -4.69. The van der Waals surface area contributed by atoms with E-state index in [-0.39, 0.29) is 53.0 Å². The van der Waals surface area contributed by atoms with E-state index in [0.29, 0.717) is 34.3 Å². The fourth-order valence-electron chi connectivity index (χ4n) is 6.01. The van der Waals surface area contributed by atoms with Gasteiger partial charge in [-0.3, -0.25) is 19.3 Å². The first-order valence-electron chi connectivity index (χ1n) is 14.4. The highest BCUT2D eigenvalue weighted by atomic mass is 35.5. The maximum absolute atomic E-state index is 13.6. The van der Waals surface area contributed by atoms with Crippen LogP contribution >= 0.6 is 11.6 Å². The second-order valence-electron chi connectivity index (χ2n) is 11.0. The van der Waals surface area contributed by atoms with Gasteiger partial charge in [-0.25, -0.2) is 14.2 Å². The van der Waals surface area contributed by atoms with Crippen molar-refractivity contribution in [1.29, 1.82) is 0 Å². The molecule has 4 atom stereocenters. The van der Waals surface area contributed by atoms with E-state index in [9.17, 15) is 23.6 Å². The number of esters is 1. The molecule has 0 radical (unpaired) electrons. The van der Waals surface area contributed by atoms with Crippen LogP contribution in [0.25, 0.3) is 22.2 Å².